The Morgan fingerprint density at radius 2 is 1.56 bits per heavy atom. The second-order valence-electron chi connectivity index (χ2n) is 7.96. The van der Waals surface area contributed by atoms with Crippen LogP contribution >= 0.6 is 0 Å². The van der Waals surface area contributed by atoms with Crippen molar-refractivity contribution in [2.24, 2.45) is 0 Å². The van der Waals surface area contributed by atoms with Crippen LogP contribution < -0.4 is 20.7 Å². The SMILES string of the molecule is CC(=O)C(=O)Nc1cc(C)c(Oc2ccc(O)c(NC(=O)NC(C)c3ccccc3)c2)c(C)c1. The number of phenols is 1. The van der Waals surface area contributed by atoms with Gasteiger partial charge in [-0.05, 0) is 61.7 Å². The fourth-order valence-electron chi connectivity index (χ4n) is 3.38. The van der Waals surface area contributed by atoms with Crippen molar-refractivity contribution in [3.8, 4) is 17.2 Å². The monoisotopic (exact) mass is 461 g/mol. The van der Waals surface area contributed by atoms with Gasteiger partial charge in [0.1, 0.15) is 17.2 Å². The van der Waals surface area contributed by atoms with Gasteiger partial charge in [0.15, 0.2) is 0 Å². The molecule has 0 radical (unpaired) electrons. The van der Waals surface area contributed by atoms with E-state index in [-0.39, 0.29) is 17.5 Å². The number of nitrogens with one attached hydrogen (secondary N) is 3. The van der Waals surface area contributed by atoms with Crippen molar-refractivity contribution in [1.29, 1.82) is 0 Å². The van der Waals surface area contributed by atoms with Gasteiger partial charge in [-0.25, -0.2) is 4.79 Å². The molecule has 0 fully saturated rings. The molecular weight excluding hydrogens is 434 g/mol. The van der Waals surface area contributed by atoms with Crippen LogP contribution in [0.15, 0.2) is 60.7 Å². The second kappa shape index (κ2) is 10.5. The summed E-state index contributed by atoms with van der Waals surface area (Å²) in [6.07, 6.45) is 0. The lowest BCUT2D eigenvalue weighted by molar-refractivity contribution is -0.133. The first kappa shape index (κ1) is 24.3. The van der Waals surface area contributed by atoms with E-state index in [1.165, 1.54) is 19.1 Å². The number of rotatable bonds is 7. The number of phenolic OH excluding ortho intramolecular Hbond substituents is 1. The molecule has 4 N–H and O–H groups in total. The van der Waals surface area contributed by atoms with Crippen molar-refractivity contribution in [3.63, 3.8) is 0 Å². The summed E-state index contributed by atoms with van der Waals surface area (Å²) in [5.41, 5.74) is 3.09. The number of ether oxygens (including phenoxy) is 1. The molecule has 0 aromatic heterocycles. The minimum atomic E-state index is -0.693. The number of hydrogen-bond donors (Lipinski definition) is 4. The van der Waals surface area contributed by atoms with Gasteiger partial charge in [-0.1, -0.05) is 30.3 Å². The van der Waals surface area contributed by atoms with Gasteiger partial charge in [0, 0.05) is 18.7 Å². The topological polar surface area (TPSA) is 117 Å². The van der Waals surface area contributed by atoms with E-state index in [1.807, 2.05) is 51.1 Å². The highest BCUT2D eigenvalue weighted by Crippen LogP contribution is 2.35. The molecule has 0 saturated carbocycles. The lowest BCUT2D eigenvalue weighted by Gasteiger charge is -2.17. The fraction of sp³-hybridized carbons (Fsp3) is 0.192. The molecule has 0 heterocycles. The van der Waals surface area contributed by atoms with Crippen molar-refractivity contribution in [2.45, 2.75) is 33.7 Å². The predicted molar refractivity (Wildman–Crippen MR) is 130 cm³/mol. The Labute approximate surface area is 198 Å². The first-order chi connectivity index (χ1) is 16.1. The molecule has 0 bridgehead atoms. The Bertz CT molecular complexity index is 1200. The fourth-order valence-corrected chi connectivity index (χ4v) is 3.38. The van der Waals surface area contributed by atoms with Crippen molar-refractivity contribution >= 4 is 29.1 Å². The molecule has 8 nitrogen and oxygen atoms in total. The lowest BCUT2D eigenvalue weighted by Crippen LogP contribution is -2.31. The molecule has 3 amide bonds. The zero-order chi connectivity index (χ0) is 24.8. The Kier molecular flexibility index (Phi) is 7.53. The maximum atomic E-state index is 12.5. The highest BCUT2D eigenvalue weighted by Gasteiger charge is 2.15. The largest absolute Gasteiger partial charge is 0.506 e. The molecule has 0 aliphatic carbocycles. The van der Waals surface area contributed by atoms with Crippen molar-refractivity contribution in [1.82, 2.24) is 5.32 Å². The second-order valence-corrected chi connectivity index (χ2v) is 7.96. The van der Waals surface area contributed by atoms with Gasteiger partial charge in [-0.3, -0.25) is 9.59 Å². The normalized spacial score (nSPS) is 11.3. The maximum absolute atomic E-state index is 12.5. The average Bonchev–Trinajstić information content (AvgIpc) is 2.78. The Morgan fingerprint density at radius 1 is 0.912 bits per heavy atom. The minimum absolute atomic E-state index is 0.106. The summed E-state index contributed by atoms with van der Waals surface area (Å²) < 4.78 is 6.01. The number of carbonyl (C=O) groups is 3. The van der Waals surface area contributed by atoms with Crippen LogP contribution in [0.3, 0.4) is 0 Å². The summed E-state index contributed by atoms with van der Waals surface area (Å²) in [7, 11) is 0. The van der Waals surface area contributed by atoms with Gasteiger partial charge in [0.25, 0.3) is 5.91 Å². The third-order valence-electron chi connectivity index (χ3n) is 5.12. The third-order valence-corrected chi connectivity index (χ3v) is 5.12. The molecule has 3 rings (SSSR count). The summed E-state index contributed by atoms with van der Waals surface area (Å²) in [6.45, 7) is 6.68. The van der Waals surface area contributed by atoms with Gasteiger partial charge in [-0.2, -0.15) is 0 Å². The van der Waals surface area contributed by atoms with Gasteiger partial charge in [0.2, 0.25) is 5.78 Å². The number of ketones is 1. The molecule has 8 heteroatoms. The van der Waals surface area contributed by atoms with E-state index in [2.05, 4.69) is 16.0 Å². The van der Waals surface area contributed by atoms with E-state index in [1.54, 1.807) is 18.2 Å². The van der Waals surface area contributed by atoms with Gasteiger partial charge in [-0.15, -0.1) is 0 Å². The van der Waals surface area contributed by atoms with E-state index in [9.17, 15) is 19.5 Å². The first-order valence-corrected chi connectivity index (χ1v) is 10.7. The highest BCUT2D eigenvalue weighted by molar-refractivity contribution is 6.39. The number of urea groups is 1. The molecule has 0 aliphatic heterocycles. The maximum Gasteiger partial charge on any atom is 0.319 e. The van der Waals surface area contributed by atoms with Crippen LogP contribution in [0.5, 0.6) is 17.2 Å². The number of anilines is 2. The van der Waals surface area contributed by atoms with Crippen LogP contribution in [-0.4, -0.2) is 22.8 Å². The summed E-state index contributed by atoms with van der Waals surface area (Å²) in [5, 5.41) is 18.2. The molecule has 0 spiro atoms. The number of carbonyl (C=O) groups excluding carboxylic acids is 3. The zero-order valence-corrected chi connectivity index (χ0v) is 19.4. The van der Waals surface area contributed by atoms with Crippen molar-refractivity contribution < 1.29 is 24.2 Å². The molecule has 34 heavy (non-hydrogen) atoms. The van der Waals surface area contributed by atoms with E-state index in [4.69, 9.17) is 4.74 Å². The molecule has 1 unspecified atom stereocenters. The van der Waals surface area contributed by atoms with E-state index < -0.39 is 17.7 Å². The number of aryl methyl sites for hydroxylation is 2. The minimum Gasteiger partial charge on any atom is -0.506 e. The van der Waals surface area contributed by atoms with E-state index in [0.717, 1.165) is 16.7 Å². The molecule has 3 aromatic carbocycles. The Balaban J connectivity index is 1.73. The van der Waals surface area contributed by atoms with Gasteiger partial charge in [0.05, 0.1) is 11.7 Å². The van der Waals surface area contributed by atoms with Crippen molar-refractivity contribution in [3.05, 3.63) is 77.4 Å². The Hall–Kier alpha value is -4.33. The molecule has 0 aliphatic rings. The zero-order valence-electron chi connectivity index (χ0n) is 19.4. The quantitative estimate of drug-likeness (QED) is 0.285. The van der Waals surface area contributed by atoms with Gasteiger partial charge >= 0.3 is 6.03 Å². The standard InChI is InChI=1S/C26H27N3O5/c1-15-12-20(28-25(32)18(4)30)13-16(2)24(15)34-21-10-11-23(31)22(14-21)29-26(33)27-17(3)19-8-6-5-7-9-19/h5-14,17,31H,1-4H3,(H,28,32)(H2,27,29,33). The number of amides is 3. The number of hydrogen-bond acceptors (Lipinski definition) is 5. The van der Waals surface area contributed by atoms with Gasteiger partial charge < -0.3 is 25.8 Å². The Morgan fingerprint density at radius 3 is 2.18 bits per heavy atom. The van der Waals surface area contributed by atoms with Crippen LogP contribution in [0.25, 0.3) is 0 Å². The van der Waals surface area contributed by atoms with E-state index in [0.29, 0.717) is 17.2 Å². The number of Topliss-reactive ketones (excluding diaryl/α,β-unsaturated/α-hetero) is 1. The summed E-state index contributed by atoms with van der Waals surface area (Å²) in [5.74, 6) is -0.426. The number of aromatic hydroxyl groups is 1. The summed E-state index contributed by atoms with van der Waals surface area (Å²) in [6, 6.07) is 16.7. The van der Waals surface area contributed by atoms with E-state index >= 15 is 0 Å². The smallest absolute Gasteiger partial charge is 0.319 e. The van der Waals surface area contributed by atoms with Crippen LogP contribution in [0, 0.1) is 13.8 Å². The summed E-state index contributed by atoms with van der Waals surface area (Å²) >= 11 is 0. The molecule has 176 valence electrons. The van der Waals surface area contributed by atoms with Crippen LogP contribution in [-0.2, 0) is 9.59 Å². The van der Waals surface area contributed by atoms with Crippen molar-refractivity contribution in [2.75, 3.05) is 10.6 Å². The highest BCUT2D eigenvalue weighted by atomic mass is 16.5. The number of benzene rings is 3. The molecule has 3 aromatic rings. The average molecular weight is 462 g/mol. The molecule has 0 saturated heterocycles. The molecular formula is C26H27N3O5. The summed E-state index contributed by atoms with van der Waals surface area (Å²) in [4.78, 5) is 35.3. The van der Waals surface area contributed by atoms with Crippen LogP contribution in [0.2, 0.25) is 0 Å². The van der Waals surface area contributed by atoms with Crippen LogP contribution in [0.4, 0.5) is 16.2 Å². The lowest BCUT2D eigenvalue weighted by atomic mass is 10.1. The first-order valence-electron chi connectivity index (χ1n) is 10.7. The van der Waals surface area contributed by atoms with Crippen LogP contribution in [0.1, 0.15) is 36.6 Å². The third kappa shape index (κ3) is 6.13. The predicted octanol–water partition coefficient (Wildman–Crippen LogP) is 5.21. The molecule has 1 atom stereocenters.